The maximum Gasteiger partial charge on any atom is 0.167 e. The van der Waals surface area contributed by atoms with Gasteiger partial charge in [0.2, 0.25) is 0 Å². The Morgan fingerprint density at radius 3 is 2.76 bits per heavy atom. The summed E-state index contributed by atoms with van der Waals surface area (Å²) in [5.74, 6) is -0.770. The van der Waals surface area contributed by atoms with Crippen molar-refractivity contribution in [1.29, 1.82) is 0 Å². The molecule has 0 saturated carbocycles. The summed E-state index contributed by atoms with van der Waals surface area (Å²) < 4.78 is 31.6. The minimum Gasteiger partial charge on any atom is -0.484 e. The first-order valence-corrected chi connectivity index (χ1v) is 6.95. The Kier molecular flexibility index (Phi) is 5.33. The van der Waals surface area contributed by atoms with Gasteiger partial charge >= 0.3 is 0 Å². The Bertz CT molecular complexity index is 623. The topological polar surface area (TPSA) is 34.1 Å². The van der Waals surface area contributed by atoms with Crippen molar-refractivity contribution >= 4 is 17.4 Å². The zero-order valence-corrected chi connectivity index (χ0v) is 12.3. The van der Waals surface area contributed by atoms with Crippen LogP contribution in [-0.2, 0) is 6.61 Å². The molecule has 0 aliphatic heterocycles. The minimum absolute atomic E-state index is 0.00301. The predicted octanol–water partition coefficient (Wildman–Crippen LogP) is 4.41. The van der Waals surface area contributed by atoms with Crippen molar-refractivity contribution in [3.05, 3.63) is 52.7 Å². The van der Waals surface area contributed by atoms with Crippen molar-refractivity contribution in [2.24, 2.45) is 0 Å². The molecule has 112 valence electrons. The lowest BCUT2D eigenvalue weighted by Gasteiger charge is -2.10. The van der Waals surface area contributed by atoms with Gasteiger partial charge in [-0.05, 0) is 30.7 Å². The number of nitrogens with zero attached hydrogens (tertiary/aromatic N) is 1. The molecule has 0 spiro atoms. The van der Waals surface area contributed by atoms with Crippen LogP contribution in [0.25, 0.3) is 0 Å². The van der Waals surface area contributed by atoms with Crippen molar-refractivity contribution in [1.82, 2.24) is 4.98 Å². The molecule has 0 fully saturated rings. The number of ether oxygens (including phenoxy) is 1. The molecule has 0 amide bonds. The molecule has 1 N–H and O–H groups in total. The van der Waals surface area contributed by atoms with Gasteiger partial charge in [0, 0.05) is 12.6 Å². The second-order valence-corrected chi connectivity index (χ2v) is 4.82. The average Bonchev–Trinajstić information content (AvgIpc) is 2.46. The van der Waals surface area contributed by atoms with Crippen LogP contribution in [0.15, 0.2) is 30.3 Å². The van der Waals surface area contributed by atoms with Crippen molar-refractivity contribution in [3.63, 3.8) is 0 Å². The zero-order valence-electron chi connectivity index (χ0n) is 11.5. The number of rotatable bonds is 6. The maximum absolute atomic E-state index is 13.5. The van der Waals surface area contributed by atoms with E-state index in [0.29, 0.717) is 16.5 Å². The lowest BCUT2D eigenvalue weighted by atomic mass is 10.3. The van der Waals surface area contributed by atoms with Crippen LogP contribution in [0, 0.1) is 11.6 Å². The number of pyridine rings is 1. The molecule has 1 heterocycles. The standard InChI is InChI=1S/C15H15ClF2N2O/c1-2-7-19-15-6-4-11(16)13(20-15)9-21-14-5-3-10(17)8-12(14)18/h3-6,8H,2,7,9H2,1H3,(H,19,20). The van der Waals surface area contributed by atoms with E-state index >= 15 is 0 Å². The third kappa shape index (κ3) is 4.29. The first kappa shape index (κ1) is 15.5. The molecule has 21 heavy (non-hydrogen) atoms. The third-order valence-corrected chi connectivity index (χ3v) is 3.08. The van der Waals surface area contributed by atoms with E-state index in [2.05, 4.69) is 10.3 Å². The fourth-order valence-corrected chi connectivity index (χ4v) is 1.84. The van der Waals surface area contributed by atoms with E-state index in [1.807, 2.05) is 6.92 Å². The van der Waals surface area contributed by atoms with Gasteiger partial charge in [-0.25, -0.2) is 13.8 Å². The Labute approximate surface area is 126 Å². The summed E-state index contributed by atoms with van der Waals surface area (Å²) in [6.45, 7) is 2.84. The Balaban J connectivity index is 2.08. The van der Waals surface area contributed by atoms with E-state index in [-0.39, 0.29) is 12.4 Å². The summed E-state index contributed by atoms with van der Waals surface area (Å²) in [5.41, 5.74) is 0.487. The van der Waals surface area contributed by atoms with Gasteiger partial charge in [0.1, 0.15) is 18.2 Å². The Morgan fingerprint density at radius 2 is 2.05 bits per heavy atom. The van der Waals surface area contributed by atoms with Crippen LogP contribution in [0.4, 0.5) is 14.6 Å². The van der Waals surface area contributed by atoms with Crippen LogP contribution in [0.5, 0.6) is 5.75 Å². The number of hydrogen-bond donors (Lipinski definition) is 1. The quantitative estimate of drug-likeness (QED) is 0.857. The van der Waals surface area contributed by atoms with E-state index in [0.717, 1.165) is 25.1 Å². The van der Waals surface area contributed by atoms with Crippen molar-refractivity contribution in [2.45, 2.75) is 20.0 Å². The molecule has 0 aliphatic rings. The van der Waals surface area contributed by atoms with Crippen LogP contribution in [0.2, 0.25) is 5.02 Å². The van der Waals surface area contributed by atoms with E-state index < -0.39 is 11.6 Å². The molecular weight excluding hydrogens is 298 g/mol. The molecule has 6 heteroatoms. The van der Waals surface area contributed by atoms with Gasteiger partial charge in [-0.15, -0.1) is 0 Å². The Morgan fingerprint density at radius 1 is 1.24 bits per heavy atom. The highest BCUT2D eigenvalue weighted by atomic mass is 35.5. The predicted molar refractivity (Wildman–Crippen MR) is 78.7 cm³/mol. The monoisotopic (exact) mass is 312 g/mol. The highest BCUT2D eigenvalue weighted by molar-refractivity contribution is 6.31. The van der Waals surface area contributed by atoms with E-state index in [4.69, 9.17) is 16.3 Å². The summed E-state index contributed by atoms with van der Waals surface area (Å²) in [6, 6.07) is 6.60. The average molecular weight is 313 g/mol. The van der Waals surface area contributed by atoms with Crippen LogP contribution >= 0.6 is 11.6 Å². The smallest absolute Gasteiger partial charge is 0.167 e. The SMILES string of the molecule is CCCNc1ccc(Cl)c(COc2ccc(F)cc2F)n1. The van der Waals surface area contributed by atoms with Gasteiger partial charge in [0.05, 0.1) is 10.7 Å². The normalized spacial score (nSPS) is 10.5. The highest BCUT2D eigenvalue weighted by Gasteiger charge is 2.08. The zero-order chi connectivity index (χ0) is 15.2. The number of anilines is 1. The fourth-order valence-electron chi connectivity index (χ4n) is 1.68. The molecule has 0 atom stereocenters. The number of hydrogen-bond acceptors (Lipinski definition) is 3. The largest absolute Gasteiger partial charge is 0.484 e. The summed E-state index contributed by atoms with van der Waals surface area (Å²) in [6.07, 6.45) is 0.969. The lowest BCUT2D eigenvalue weighted by molar-refractivity contribution is 0.285. The molecular formula is C15H15ClF2N2O. The van der Waals surface area contributed by atoms with Gasteiger partial charge in [0.15, 0.2) is 11.6 Å². The first-order valence-electron chi connectivity index (χ1n) is 6.57. The van der Waals surface area contributed by atoms with E-state index in [1.54, 1.807) is 12.1 Å². The molecule has 0 aliphatic carbocycles. The number of aromatic nitrogens is 1. The molecule has 3 nitrogen and oxygen atoms in total. The summed E-state index contributed by atoms with van der Waals surface area (Å²) >= 11 is 6.04. The van der Waals surface area contributed by atoms with Crippen molar-refractivity contribution in [2.75, 3.05) is 11.9 Å². The number of nitrogens with one attached hydrogen (secondary N) is 1. The summed E-state index contributed by atoms with van der Waals surface area (Å²) in [7, 11) is 0. The van der Waals surface area contributed by atoms with Gasteiger partial charge in [-0.3, -0.25) is 0 Å². The first-order chi connectivity index (χ1) is 10.1. The number of halogens is 3. The molecule has 1 aromatic carbocycles. The molecule has 0 unspecified atom stereocenters. The molecule has 0 bridgehead atoms. The van der Waals surface area contributed by atoms with E-state index in [9.17, 15) is 8.78 Å². The van der Waals surface area contributed by atoms with Crippen LogP contribution < -0.4 is 10.1 Å². The maximum atomic E-state index is 13.5. The van der Waals surface area contributed by atoms with Crippen molar-refractivity contribution in [3.8, 4) is 5.75 Å². The highest BCUT2D eigenvalue weighted by Crippen LogP contribution is 2.22. The van der Waals surface area contributed by atoms with Crippen LogP contribution in [0.3, 0.4) is 0 Å². The van der Waals surface area contributed by atoms with Gasteiger partial charge in [-0.2, -0.15) is 0 Å². The molecule has 2 aromatic rings. The third-order valence-electron chi connectivity index (χ3n) is 2.73. The van der Waals surface area contributed by atoms with Gasteiger partial charge in [0.25, 0.3) is 0 Å². The summed E-state index contributed by atoms with van der Waals surface area (Å²) in [5, 5.41) is 3.56. The minimum atomic E-state index is -0.758. The molecule has 0 radical (unpaired) electrons. The lowest BCUT2D eigenvalue weighted by Crippen LogP contribution is -2.06. The molecule has 0 saturated heterocycles. The summed E-state index contributed by atoms with van der Waals surface area (Å²) in [4.78, 5) is 4.31. The molecule has 2 rings (SSSR count). The van der Waals surface area contributed by atoms with E-state index in [1.165, 1.54) is 6.07 Å². The second-order valence-electron chi connectivity index (χ2n) is 4.42. The number of benzene rings is 1. The second kappa shape index (κ2) is 7.22. The van der Waals surface area contributed by atoms with Crippen LogP contribution in [0.1, 0.15) is 19.0 Å². The van der Waals surface area contributed by atoms with Crippen molar-refractivity contribution < 1.29 is 13.5 Å². The van der Waals surface area contributed by atoms with Crippen LogP contribution in [-0.4, -0.2) is 11.5 Å². The van der Waals surface area contributed by atoms with Gasteiger partial charge < -0.3 is 10.1 Å². The fraction of sp³-hybridized carbons (Fsp3) is 0.267. The van der Waals surface area contributed by atoms with Gasteiger partial charge in [-0.1, -0.05) is 18.5 Å². The Hall–Kier alpha value is -1.88. The molecule has 1 aromatic heterocycles.